The third-order valence-corrected chi connectivity index (χ3v) is 2.98. The first-order valence-electron chi connectivity index (χ1n) is 5.14. The molecule has 0 radical (unpaired) electrons. The Kier molecular flexibility index (Phi) is 5.72. The lowest BCUT2D eigenvalue weighted by Gasteiger charge is -2.10. The minimum absolute atomic E-state index is 0.138. The maximum Gasteiger partial charge on any atom is 0.269 e. The van der Waals surface area contributed by atoms with Crippen LogP contribution in [0.2, 0.25) is 0 Å². The molecule has 1 aromatic heterocycles. The standard InChI is InChI=1S/C11H15N5OS/c1-13-9(10(12)17)11(14-2)18-7-16-8-3-5-15-6-4-8/h3-6,14H,1,7H2,2H3,(H2,12,17)(H,15,16)/b11-9-. The van der Waals surface area contributed by atoms with Crippen LogP contribution in [0, 0.1) is 0 Å². The van der Waals surface area contributed by atoms with Crippen LogP contribution < -0.4 is 16.4 Å². The number of nitrogens with one attached hydrogen (secondary N) is 2. The van der Waals surface area contributed by atoms with Gasteiger partial charge in [0.25, 0.3) is 5.91 Å². The monoisotopic (exact) mass is 265 g/mol. The SMILES string of the molecule is C=N/C(C(N)=O)=C(/NC)SCNc1ccncc1. The number of primary amides is 1. The van der Waals surface area contributed by atoms with Crippen molar-refractivity contribution < 1.29 is 4.79 Å². The summed E-state index contributed by atoms with van der Waals surface area (Å²) in [5.41, 5.74) is 6.28. The fraction of sp³-hybridized carbons (Fsp3) is 0.182. The summed E-state index contributed by atoms with van der Waals surface area (Å²) in [5.74, 6) is -0.0438. The summed E-state index contributed by atoms with van der Waals surface area (Å²) in [6.07, 6.45) is 3.39. The van der Waals surface area contributed by atoms with Gasteiger partial charge in [-0.3, -0.25) is 14.8 Å². The molecule has 0 atom stereocenters. The van der Waals surface area contributed by atoms with E-state index >= 15 is 0 Å². The number of nitrogens with two attached hydrogens (primary N) is 1. The number of aromatic nitrogens is 1. The van der Waals surface area contributed by atoms with Crippen molar-refractivity contribution >= 4 is 30.1 Å². The molecular formula is C11H15N5OS. The number of carbonyl (C=O) groups excluding carboxylic acids is 1. The molecule has 1 aromatic rings. The van der Waals surface area contributed by atoms with Gasteiger partial charge in [-0.25, -0.2) is 0 Å². The van der Waals surface area contributed by atoms with Crippen LogP contribution in [-0.4, -0.2) is 30.5 Å². The first-order valence-corrected chi connectivity index (χ1v) is 6.12. The van der Waals surface area contributed by atoms with Crippen molar-refractivity contribution in [1.29, 1.82) is 0 Å². The molecule has 0 spiro atoms. The number of rotatable bonds is 7. The zero-order valence-corrected chi connectivity index (χ0v) is 10.8. The average molecular weight is 265 g/mol. The van der Waals surface area contributed by atoms with Gasteiger partial charge in [-0.15, -0.1) is 0 Å². The van der Waals surface area contributed by atoms with Crippen LogP contribution >= 0.6 is 11.8 Å². The average Bonchev–Trinajstić information content (AvgIpc) is 2.38. The summed E-state index contributed by atoms with van der Waals surface area (Å²) in [6.45, 7) is 3.33. The third kappa shape index (κ3) is 4.10. The Hall–Kier alpha value is -2.02. The van der Waals surface area contributed by atoms with Crippen molar-refractivity contribution in [3.05, 3.63) is 35.3 Å². The van der Waals surface area contributed by atoms with Gasteiger partial charge in [0.05, 0.1) is 5.88 Å². The maximum absolute atomic E-state index is 11.1. The minimum atomic E-state index is -0.606. The number of hydrogen-bond donors (Lipinski definition) is 3. The fourth-order valence-corrected chi connectivity index (χ4v) is 2.01. The molecule has 0 aliphatic heterocycles. The van der Waals surface area contributed by atoms with Crippen molar-refractivity contribution in [2.45, 2.75) is 0 Å². The van der Waals surface area contributed by atoms with Gasteiger partial charge in [0.2, 0.25) is 0 Å². The molecule has 0 unspecified atom stereocenters. The molecule has 4 N–H and O–H groups in total. The Morgan fingerprint density at radius 2 is 2.22 bits per heavy atom. The number of pyridine rings is 1. The molecule has 1 rings (SSSR count). The third-order valence-electron chi connectivity index (χ3n) is 2.01. The molecule has 0 saturated heterocycles. The highest BCUT2D eigenvalue weighted by molar-refractivity contribution is 8.03. The maximum atomic E-state index is 11.1. The minimum Gasteiger partial charge on any atom is -0.381 e. The van der Waals surface area contributed by atoms with Crippen molar-refractivity contribution in [2.24, 2.45) is 10.7 Å². The van der Waals surface area contributed by atoms with E-state index in [9.17, 15) is 4.79 Å². The van der Waals surface area contributed by atoms with E-state index in [2.05, 4.69) is 27.3 Å². The quantitative estimate of drug-likeness (QED) is 0.384. The summed E-state index contributed by atoms with van der Waals surface area (Å²) in [4.78, 5) is 18.6. The molecule has 0 aliphatic carbocycles. The molecular weight excluding hydrogens is 250 g/mol. The first-order chi connectivity index (χ1) is 8.69. The Morgan fingerprint density at radius 3 is 2.72 bits per heavy atom. The van der Waals surface area contributed by atoms with Gasteiger partial charge >= 0.3 is 0 Å². The number of carbonyl (C=O) groups is 1. The molecule has 96 valence electrons. The predicted molar refractivity (Wildman–Crippen MR) is 75.1 cm³/mol. The highest BCUT2D eigenvalue weighted by atomic mass is 32.2. The number of hydrogen-bond acceptors (Lipinski definition) is 6. The molecule has 18 heavy (non-hydrogen) atoms. The predicted octanol–water partition coefficient (Wildman–Crippen LogP) is 0.759. The van der Waals surface area contributed by atoms with Crippen LogP contribution in [0.15, 0.2) is 40.2 Å². The van der Waals surface area contributed by atoms with E-state index in [1.165, 1.54) is 11.8 Å². The van der Waals surface area contributed by atoms with E-state index < -0.39 is 5.91 Å². The van der Waals surface area contributed by atoms with Gasteiger partial charge in [0.1, 0.15) is 5.03 Å². The normalized spacial score (nSPS) is 11.4. The highest BCUT2D eigenvalue weighted by Gasteiger charge is 2.10. The Balaban J connectivity index is 2.60. The number of anilines is 1. The highest BCUT2D eigenvalue weighted by Crippen LogP contribution is 2.18. The van der Waals surface area contributed by atoms with Crippen LogP contribution in [0.25, 0.3) is 0 Å². The number of aliphatic imine (C=N–C) groups is 1. The van der Waals surface area contributed by atoms with Crippen molar-refractivity contribution in [3.8, 4) is 0 Å². The second-order valence-electron chi connectivity index (χ2n) is 3.15. The van der Waals surface area contributed by atoms with Crippen molar-refractivity contribution in [1.82, 2.24) is 10.3 Å². The Bertz CT molecular complexity index is 446. The van der Waals surface area contributed by atoms with E-state index in [0.29, 0.717) is 10.9 Å². The van der Waals surface area contributed by atoms with Crippen LogP contribution in [0.1, 0.15) is 0 Å². The molecule has 0 saturated carbocycles. The molecule has 1 heterocycles. The zero-order valence-electron chi connectivity index (χ0n) is 10.0. The molecule has 7 heteroatoms. The van der Waals surface area contributed by atoms with E-state index in [0.717, 1.165) is 5.69 Å². The Morgan fingerprint density at radius 1 is 1.56 bits per heavy atom. The first kappa shape index (κ1) is 14.0. The lowest BCUT2D eigenvalue weighted by Crippen LogP contribution is -2.19. The lowest BCUT2D eigenvalue weighted by atomic mass is 10.4. The summed E-state index contributed by atoms with van der Waals surface area (Å²) >= 11 is 1.38. The van der Waals surface area contributed by atoms with Crippen molar-refractivity contribution in [2.75, 3.05) is 18.2 Å². The Labute approximate surface area is 110 Å². The van der Waals surface area contributed by atoms with Crippen LogP contribution in [0.5, 0.6) is 0 Å². The molecule has 0 aliphatic rings. The summed E-state index contributed by atoms with van der Waals surface area (Å²) < 4.78 is 0. The second-order valence-corrected chi connectivity index (χ2v) is 4.14. The molecule has 0 aromatic carbocycles. The summed E-state index contributed by atoms with van der Waals surface area (Å²) in [5, 5.41) is 6.62. The second kappa shape index (κ2) is 7.33. The smallest absolute Gasteiger partial charge is 0.269 e. The van der Waals surface area contributed by atoms with Gasteiger partial charge in [-0.1, -0.05) is 11.8 Å². The molecule has 6 nitrogen and oxygen atoms in total. The van der Waals surface area contributed by atoms with Gasteiger partial charge in [0, 0.05) is 25.1 Å². The number of nitrogens with zero attached hydrogens (tertiary/aromatic N) is 2. The fourth-order valence-electron chi connectivity index (χ4n) is 1.18. The molecule has 0 bridgehead atoms. The van der Waals surface area contributed by atoms with E-state index in [4.69, 9.17) is 5.73 Å². The lowest BCUT2D eigenvalue weighted by molar-refractivity contribution is -0.114. The van der Waals surface area contributed by atoms with Gasteiger partial charge in [0.15, 0.2) is 5.70 Å². The van der Waals surface area contributed by atoms with Crippen molar-refractivity contribution in [3.63, 3.8) is 0 Å². The van der Waals surface area contributed by atoms with Gasteiger partial charge < -0.3 is 16.4 Å². The topological polar surface area (TPSA) is 92.4 Å². The largest absolute Gasteiger partial charge is 0.381 e. The van der Waals surface area contributed by atoms with Gasteiger partial charge in [-0.2, -0.15) is 0 Å². The summed E-state index contributed by atoms with van der Waals surface area (Å²) in [7, 11) is 1.70. The molecule has 0 fully saturated rings. The number of amides is 1. The van der Waals surface area contributed by atoms with E-state index in [-0.39, 0.29) is 5.70 Å². The van der Waals surface area contributed by atoms with Crippen LogP contribution in [0.3, 0.4) is 0 Å². The van der Waals surface area contributed by atoms with Gasteiger partial charge in [-0.05, 0) is 18.9 Å². The number of thioether (sulfide) groups is 1. The van der Waals surface area contributed by atoms with Crippen LogP contribution in [-0.2, 0) is 4.79 Å². The zero-order chi connectivity index (χ0) is 13.4. The summed E-state index contributed by atoms with van der Waals surface area (Å²) in [6, 6.07) is 3.70. The van der Waals surface area contributed by atoms with E-state index in [1.807, 2.05) is 12.1 Å². The molecule has 1 amide bonds. The van der Waals surface area contributed by atoms with Crippen LogP contribution in [0.4, 0.5) is 5.69 Å². The van der Waals surface area contributed by atoms with E-state index in [1.54, 1.807) is 19.4 Å².